The summed E-state index contributed by atoms with van der Waals surface area (Å²) >= 11 is 0. The number of carbonyl (C=O) groups excluding carboxylic acids is 2. The molecule has 0 fully saturated rings. The molecule has 1 atom stereocenters. The zero-order valence-corrected chi connectivity index (χ0v) is 13.3. The first kappa shape index (κ1) is 18.5. The Hall–Kier alpha value is -2.59. The van der Waals surface area contributed by atoms with Gasteiger partial charge in [-0.05, 0) is 19.1 Å². The van der Waals surface area contributed by atoms with E-state index in [2.05, 4.69) is 5.32 Å². The van der Waals surface area contributed by atoms with Crippen LogP contribution in [0.5, 0.6) is 0 Å². The molecule has 124 valence electrons. The monoisotopic (exact) mass is 319 g/mol. The first-order valence-corrected chi connectivity index (χ1v) is 7.28. The van der Waals surface area contributed by atoms with Crippen LogP contribution in [0.4, 0.5) is 5.69 Å². The first-order chi connectivity index (χ1) is 11.0. The van der Waals surface area contributed by atoms with Gasteiger partial charge in [-0.1, -0.05) is 12.1 Å². The minimum atomic E-state index is -0.947. The van der Waals surface area contributed by atoms with Crippen molar-refractivity contribution in [3.05, 3.63) is 29.8 Å². The van der Waals surface area contributed by atoms with Gasteiger partial charge in [-0.3, -0.25) is 4.79 Å². The third-order valence-electron chi connectivity index (χ3n) is 3.14. The standard InChI is InChI=1S/C16H21N3O4/c1-12(15(21)19(2)10-5-8-17)23-16(22)13-6-3-4-7-14(13)18-9-11-20/h3-4,6-7,12,18,20H,5,9-11H2,1-2H3/t12-/m1/s1. The second-order valence-corrected chi connectivity index (χ2v) is 4.91. The average Bonchev–Trinajstić information content (AvgIpc) is 2.57. The Kier molecular flexibility index (Phi) is 7.57. The maximum absolute atomic E-state index is 12.2. The van der Waals surface area contributed by atoms with E-state index in [0.29, 0.717) is 17.8 Å². The molecule has 0 aliphatic heterocycles. The Morgan fingerprint density at radius 1 is 1.43 bits per heavy atom. The van der Waals surface area contributed by atoms with Crippen LogP contribution >= 0.6 is 0 Å². The van der Waals surface area contributed by atoms with E-state index in [1.54, 1.807) is 31.3 Å². The largest absolute Gasteiger partial charge is 0.449 e. The van der Waals surface area contributed by atoms with E-state index in [1.807, 2.05) is 6.07 Å². The minimum Gasteiger partial charge on any atom is -0.449 e. The number of hydrogen-bond acceptors (Lipinski definition) is 6. The van der Waals surface area contributed by atoms with Crippen molar-refractivity contribution in [2.24, 2.45) is 0 Å². The van der Waals surface area contributed by atoms with E-state index >= 15 is 0 Å². The molecule has 1 rings (SSSR count). The lowest BCUT2D eigenvalue weighted by molar-refractivity contribution is -0.138. The van der Waals surface area contributed by atoms with Crippen molar-refractivity contribution in [2.75, 3.05) is 32.1 Å². The van der Waals surface area contributed by atoms with Gasteiger partial charge >= 0.3 is 5.97 Å². The van der Waals surface area contributed by atoms with Crippen molar-refractivity contribution < 1.29 is 19.4 Å². The summed E-state index contributed by atoms with van der Waals surface area (Å²) in [6.45, 7) is 2.01. The van der Waals surface area contributed by atoms with Gasteiger partial charge in [0, 0.05) is 25.8 Å². The number of esters is 1. The second-order valence-electron chi connectivity index (χ2n) is 4.91. The number of anilines is 1. The molecule has 0 bridgehead atoms. The maximum atomic E-state index is 12.2. The third kappa shape index (κ3) is 5.60. The van der Waals surface area contributed by atoms with Gasteiger partial charge in [-0.15, -0.1) is 0 Å². The van der Waals surface area contributed by atoms with Crippen molar-refractivity contribution in [2.45, 2.75) is 19.4 Å². The average molecular weight is 319 g/mol. The Labute approximate surface area is 135 Å². The van der Waals surface area contributed by atoms with Crippen LogP contribution in [0, 0.1) is 11.3 Å². The molecule has 7 heteroatoms. The molecule has 1 aromatic rings. The lowest BCUT2D eigenvalue weighted by Gasteiger charge is -2.21. The van der Waals surface area contributed by atoms with Crippen molar-refractivity contribution >= 4 is 17.6 Å². The summed E-state index contributed by atoms with van der Waals surface area (Å²) in [7, 11) is 1.56. The minimum absolute atomic E-state index is 0.0675. The smallest absolute Gasteiger partial charge is 0.341 e. The number of nitrogens with one attached hydrogen (secondary N) is 1. The molecule has 1 amide bonds. The van der Waals surface area contributed by atoms with Crippen molar-refractivity contribution in [3.8, 4) is 6.07 Å². The number of aliphatic hydroxyl groups is 1. The van der Waals surface area contributed by atoms with Crippen LogP contribution in [0.1, 0.15) is 23.7 Å². The van der Waals surface area contributed by atoms with Gasteiger partial charge in [-0.25, -0.2) is 4.79 Å². The molecule has 0 aliphatic carbocycles. The number of benzene rings is 1. The van der Waals surface area contributed by atoms with Gasteiger partial charge in [0.1, 0.15) is 0 Å². The molecular formula is C16H21N3O4. The number of aliphatic hydroxyl groups excluding tert-OH is 1. The number of para-hydroxylation sites is 1. The van der Waals surface area contributed by atoms with E-state index in [4.69, 9.17) is 15.1 Å². The quantitative estimate of drug-likeness (QED) is 0.693. The topological polar surface area (TPSA) is 103 Å². The van der Waals surface area contributed by atoms with Crippen LogP contribution in [0.15, 0.2) is 24.3 Å². The highest BCUT2D eigenvalue weighted by Gasteiger charge is 2.23. The Bertz CT molecular complexity index is 583. The fraction of sp³-hybridized carbons (Fsp3) is 0.438. The summed E-state index contributed by atoms with van der Waals surface area (Å²) in [6, 6.07) is 8.67. The molecule has 23 heavy (non-hydrogen) atoms. The number of ether oxygens (including phenoxy) is 1. The highest BCUT2D eigenvalue weighted by Crippen LogP contribution is 2.17. The summed E-state index contributed by atoms with van der Waals surface area (Å²) in [5.74, 6) is -0.991. The lowest BCUT2D eigenvalue weighted by Crippen LogP contribution is -2.38. The van der Waals surface area contributed by atoms with E-state index in [-0.39, 0.29) is 25.5 Å². The summed E-state index contributed by atoms with van der Waals surface area (Å²) in [5.41, 5.74) is 0.823. The van der Waals surface area contributed by atoms with Gasteiger partial charge in [0.25, 0.3) is 5.91 Å². The van der Waals surface area contributed by atoms with E-state index < -0.39 is 12.1 Å². The SMILES string of the molecule is C[C@@H](OC(=O)c1ccccc1NCCO)C(=O)N(C)CCC#N. The number of hydrogen-bond donors (Lipinski definition) is 2. The zero-order valence-electron chi connectivity index (χ0n) is 13.3. The fourth-order valence-corrected chi connectivity index (χ4v) is 1.92. The molecule has 1 aromatic carbocycles. The van der Waals surface area contributed by atoms with Crippen molar-refractivity contribution in [1.82, 2.24) is 4.90 Å². The fourth-order valence-electron chi connectivity index (χ4n) is 1.92. The van der Waals surface area contributed by atoms with Gasteiger partial charge in [0.05, 0.1) is 24.7 Å². The number of nitrogens with zero attached hydrogens (tertiary/aromatic N) is 2. The van der Waals surface area contributed by atoms with E-state index in [9.17, 15) is 9.59 Å². The van der Waals surface area contributed by atoms with Crippen LogP contribution in [-0.4, -0.2) is 54.7 Å². The molecule has 0 saturated carbocycles. The van der Waals surface area contributed by atoms with Crippen LogP contribution in [0.25, 0.3) is 0 Å². The normalized spacial score (nSPS) is 11.2. The maximum Gasteiger partial charge on any atom is 0.341 e. The highest BCUT2D eigenvalue weighted by molar-refractivity contribution is 5.97. The molecule has 0 saturated heterocycles. The van der Waals surface area contributed by atoms with E-state index in [1.165, 1.54) is 11.8 Å². The summed E-state index contributed by atoms with van der Waals surface area (Å²) in [4.78, 5) is 25.7. The molecular weight excluding hydrogens is 298 g/mol. The molecule has 0 aliphatic rings. The Morgan fingerprint density at radius 3 is 2.78 bits per heavy atom. The van der Waals surface area contributed by atoms with E-state index in [0.717, 1.165) is 0 Å². The molecule has 0 heterocycles. The molecule has 0 unspecified atom stereocenters. The molecule has 0 aromatic heterocycles. The van der Waals surface area contributed by atoms with Crippen LogP contribution in [0.3, 0.4) is 0 Å². The van der Waals surface area contributed by atoms with Crippen molar-refractivity contribution in [3.63, 3.8) is 0 Å². The Morgan fingerprint density at radius 2 is 2.13 bits per heavy atom. The van der Waals surface area contributed by atoms with Gasteiger partial charge in [0.2, 0.25) is 0 Å². The highest BCUT2D eigenvalue weighted by atomic mass is 16.5. The lowest BCUT2D eigenvalue weighted by atomic mass is 10.1. The second kappa shape index (κ2) is 9.43. The van der Waals surface area contributed by atoms with Crippen LogP contribution < -0.4 is 5.32 Å². The van der Waals surface area contributed by atoms with Crippen LogP contribution in [-0.2, 0) is 9.53 Å². The molecule has 0 radical (unpaired) electrons. The summed E-state index contributed by atoms with van der Waals surface area (Å²) in [5, 5.41) is 20.3. The number of likely N-dealkylation sites (N-methyl/N-ethyl adjacent to an activating group) is 1. The van der Waals surface area contributed by atoms with Gasteiger partial charge in [0.15, 0.2) is 6.10 Å². The van der Waals surface area contributed by atoms with Gasteiger partial charge in [-0.2, -0.15) is 5.26 Å². The predicted molar refractivity (Wildman–Crippen MR) is 84.8 cm³/mol. The number of amides is 1. The zero-order chi connectivity index (χ0) is 17.2. The van der Waals surface area contributed by atoms with Gasteiger partial charge < -0.3 is 20.1 Å². The number of carbonyl (C=O) groups is 2. The molecule has 0 spiro atoms. The summed E-state index contributed by atoms with van der Waals surface area (Å²) < 4.78 is 5.20. The Balaban J connectivity index is 2.72. The predicted octanol–water partition coefficient (Wildman–Crippen LogP) is 1.01. The van der Waals surface area contributed by atoms with Crippen LogP contribution in [0.2, 0.25) is 0 Å². The first-order valence-electron chi connectivity index (χ1n) is 7.28. The van der Waals surface area contributed by atoms with Crippen molar-refractivity contribution in [1.29, 1.82) is 5.26 Å². The molecule has 2 N–H and O–H groups in total. The number of nitriles is 1. The molecule has 7 nitrogen and oxygen atoms in total. The summed E-state index contributed by atoms with van der Waals surface area (Å²) in [6.07, 6.45) is -0.728. The third-order valence-corrected chi connectivity index (χ3v) is 3.14. The number of rotatable bonds is 8.